The zero-order chi connectivity index (χ0) is 28.4. The lowest BCUT2D eigenvalue weighted by Crippen LogP contribution is -2.21. The van der Waals surface area contributed by atoms with Gasteiger partial charge in [-0.25, -0.2) is 19.3 Å². The molecule has 2 aromatic heterocycles. The second-order valence-corrected chi connectivity index (χ2v) is 8.45. The molecular weight excluding hydrogens is 530 g/mol. The van der Waals surface area contributed by atoms with Crippen molar-refractivity contribution in [2.75, 3.05) is 16.4 Å². The molecule has 0 unspecified atom stereocenters. The lowest BCUT2D eigenvalue weighted by Gasteiger charge is -2.14. The summed E-state index contributed by atoms with van der Waals surface area (Å²) >= 11 is 0. The van der Waals surface area contributed by atoms with Crippen LogP contribution in [0.15, 0.2) is 85.3 Å². The van der Waals surface area contributed by atoms with Crippen molar-refractivity contribution in [3.63, 3.8) is 0 Å². The third-order valence-corrected chi connectivity index (χ3v) is 5.74. The number of phenolic OH excluding ortho intramolecular Hbond substituents is 1. The summed E-state index contributed by atoms with van der Waals surface area (Å²) in [7, 11) is 0. The van der Waals surface area contributed by atoms with Crippen molar-refractivity contribution < 1.29 is 27.5 Å². The fourth-order valence-electron chi connectivity index (χ4n) is 3.95. The van der Waals surface area contributed by atoms with E-state index in [-0.39, 0.29) is 28.8 Å². The maximum Gasteiger partial charge on any atom is 0.434 e. The molecule has 0 saturated heterocycles. The Bertz CT molecular complexity index is 1710. The van der Waals surface area contributed by atoms with Crippen LogP contribution in [0.5, 0.6) is 5.75 Å². The summed E-state index contributed by atoms with van der Waals surface area (Å²) in [5.41, 5.74) is 4.63. The van der Waals surface area contributed by atoms with E-state index in [0.717, 1.165) is 17.0 Å². The van der Waals surface area contributed by atoms with Crippen LogP contribution in [-0.4, -0.2) is 30.5 Å². The molecule has 3 aromatic carbocycles. The summed E-state index contributed by atoms with van der Waals surface area (Å²) in [5.74, 6) is -2.04. The number of anilines is 4. The molecule has 40 heavy (non-hydrogen) atoms. The van der Waals surface area contributed by atoms with Gasteiger partial charge in [-0.2, -0.15) is 13.2 Å². The van der Waals surface area contributed by atoms with Gasteiger partial charge in [0.25, 0.3) is 5.91 Å². The van der Waals surface area contributed by atoms with Crippen LogP contribution in [0.1, 0.15) is 16.2 Å². The molecule has 202 valence electrons. The van der Waals surface area contributed by atoms with E-state index in [0.29, 0.717) is 16.9 Å². The van der Waals surface area contributed by atoms with E-state index < -0.39 is 29.3 Å². The van der Waals surface area contributed by atoms with Crippen LogP contribution in [0.25, 0.3) is 16.9 Å². The van der Waals surface area contributed by atoms with Gasteiger partial charge in [0.05, 0.1) is 11.4 Å². The molecule has 0 spiro atoms. The van der Waals surface area contributed by atoms with Crippen LogP contribution in [0.3, 0.4) is 0 Å². The second kappa shape index (κ2) is 10.4. The normalized spacial score (nSPS) is 11.3. The number of phenols is 1. The highest BCUT2D eigenvalue weighted by atomic mass is 19.4. The number of nitrogens with two attached hydrogens (primary N) is 1. The Labute approximate surface area is 224 Å². The highest BCUT2D eigenvalue weighted by Crippen LogP contribution is 2.35. The molecule has 9 nitrogen and oxygen atoms in total. The van der Waals surface area contributed by atoms with E-state index in [1.54, 1.807) is 24.3 Å². The molecule has 0 aliphatic carbocycles. The van der Waals surface area contributed by atoms with E-state index in [9.17, 15) is 27.5 Å². The van der Waals surface area contributed by atoms with Crippen molar-refractivity contribution in [2.45, 2.75) is 6.18 Å². The Hall–Kier alpha value is -5.46. The summed E-state index contributed by atoms with van der Waals surface area (Å²) in [6, 6.07) is 17.2. The first-order valence-electron chi connectivity index (χ1n) is 11.6. The molecular formula is C27H19F4N7O2. The molecule has 0 saturated carbocycles. The molecule has 2 heterocycles. The van der Waals surface area contributed by atoms with Gasteiger partial charge in [-0.1, -0.05) is 18.2 Å². The first-order valence-corrected chi connectivity index (χ1v) is 11.6. The van der Waals surface area contributed by atoms with Crippen LogP contribution in [0.2, 0.25) is 0 Å². The van der Waals surface area contributed by atoms with Gasteiger partial charge in [-0.3, -0.25) is 9.36 Å². The monoisotopic (exact) mass is 549 g/mol. The number of alkyl halides is 3. The maximum atomic E-state index is 14.9. The topological polar surface area (TPSA) is 131 Å². The maximum absolute atomic E-state index is 14.9. The van der Waals surface area contributed by atoms with Crippen LogP contribution in [0.4, 0.5) is 40.6 Å². The van der Waals surface area contributed by atoms with Crippen molar-refractivity contribution >= 4 is 28.9 Å². The molecule has 0 atom stereocenters. The molecule has 0 radical (unpaired) electrons. The number of aromatic hydroxyl groups is 1. The SMILES string of the molecule is Nc1nccc(-c2cc(Nc3ccc(NC(=O)c4ncn(-c5ccccc5)c4C(F)(F)F)cc3F)ccc2O)n1. The predicted octanol–water partition coefficient (Wildman–Crippen LogP) is 5.77. The first kappa shape index (κ1) is 26.2. The van der Waals surface area contributed by atoms with Gasteiger partial charge in [-0.15, -0.1) is 0 Å². The van der Waals surface area contributed by atoms with Crippen molar-refractivity contribution in [1.82, 2.24) is 19.5 Å². The zero-order valence-corrected chi connectivity index (χ0v) is 20.3. The summed E-state index contributed by atoms with van der Waals surface area (Å²) in [4.78, 5) is 24.3. The number of imidazole rings is 1. The van der Waals surface area contributed by atoms with Crippen molar-refractivity contribution in [2.24, 2.45) is 0 Å². The van der Waals surface area contributed by atoms with Gasteiger partial charge in [0.1, 0.15) is 17.9 Å². The zero-order valence-electron chi connectivity index (χ0n) is 20.3. The molecule has 5 aromatic rings. The van der Waals surface area contributed by atoms with Crippen molar-refractivity contribution in [3.05, 3.63) is 103 Å². The number of amides is 1. The molecule has 0 aliphatic rings. The number of benzene rings is 3. The number of halogens is 4. The number of carbonyl (C=O) groups is 1. The number of nitrogen functional groups attached to an aromatic ring is 1. The Balaban J connectivity index is 1.37. The minimum absolute atomic E-state index is 0.00109. The van der Waals surface area contributed by atoms with E-state index in [2.05, 4.69) is 25.6 Å². The fourth-order valence-corrected chi connectivity index (χ4v) is 3.95. The lowest BCUT2D eigenvalue weighted by atomic mass is 10.1. The Morgan fingerprint density at radius 2 is 1.70 bits per heavy atom. The highest BCUT2D eigenvalue weighted by molar-refractivity contribution is 6.04. The largest absolute Gasteiger partial charge is 0.507 e. The van der Waals surface area contributed by atoms with E-state index in [1.807, 2.05) is 0 Å². The summed E-state index contributed by atoms with van der Waals surface area (Å²) in [6.45, 7) is 0. The molecule has 1 amide bonds. The Morgan fingerprint density at radius 1 is 0.950 bits per heavy atom. The average molecular weight is 549 g/mol. The fraction of sp³-hybridized carbons (Fsp3) is 0.0370. The number of hydrogen-bond donors (Lipinski definition) is 4. The highest BCUT2D eigenvalue weighted by Gasteiger charge is 2.40. The molecule has 0 fully saturated rings. The number of aromatic nitrogens is 4. The lowest BCUT2D eigenvalue weighted by molar-refractivity contribution is -0.142. The summed E-state index contributed by atoms with van der Waals surface area (Å²) < 4.78 is 57.4. The third-order valence-electron chi connectivity index (χ3n) is 5.74. The molecule has 0 aliphatic heterocycles. The van der Waals surface area contributed by atoms with Gasteiger partial charge in [0.2, 0.25) is 5.95 Å². The number of nitrogens with one attached hydrogen (secondary N) is 2. The minimum atomic E-state index is -4.89. The molecule has 5 N–H and O–H groups in total. The van der Waals surface area contributed by atoms with E-state index in [4.69, 9.17) is 5.73 Å². The van der Waals surface area contributed by atoms with E-state index in [1.165, 1.54) is 48.7 Å². The predicted molar refractivity (Wildman–Crippen MR) is 140 cm³/mol. The van der Waals surface area contributed by atoms with Crippen LogP contribution in [0, 0.1) is 5.82 Å². The van der Waals surface area contributed by atoms with Crippen LogP contribution < -0.4 is 16.4 Å². The Kier molecular flexibility index (Phi) is 6.78. The number of hydrogen-bond acceptors (Lipinski definition) is 7. The number of carbonyl (C=O) groups excluding carboxylic acids is 1. The van der Waals surface area contributed by atoms with Gasteiger partial charge in [-0.05, 0) is 54.6 Å². The van der Waals surface area contributed by atoms with Crippen LogP contribution >= 0.6 is 0 Å². The quantitative estimate of drug-likeness (QED) is 0.156. The third kappa shape index (κ3) is 5.38. The first-order chi connectivity index (χ1) is 19.1. The standard InChI is InChI=1S/C27H19F4N7O2/c28-19-13-16(36-25(40)23-24(27(29,30)31)38(14-34-23)17-4-2-1-3-5-17)6-8-21(19)35-15-7-9-22(39)18(12-15)20-10-11-33-26(32)37-20/h1-14,35,39H,(H,36,40)(H2,32,33,37). The van der Waals surface area contributed by atoms with Crippen LogP contribution in [-0.2, 0) is 6.18 Å². The average Bonchev–Trinajstić information content (AvgIpc) is 3.38. The van der Waals surface area contributed by atoms with Gasteiger partial charge in [0, 0.05) is 28.8 Å². The molecule has 13 heteroatoms. The second-order valence-electron chi connectivity index (χ2n) is 8.45. The molecule has 5 rings (SSSR count). The Morgan fingerprint density at radius 3 is 2.40 bits per heavy atom. The van der Waals surface area contributed by atoms with Crippen molar-refractivity contribution in [3.8, 4) is 22.7 Å². The molecule has 0 bridgehead atoms. The smallest absolute Gasteiger partial charge is 0.434 e. The number of rotatable bonds is 6. The number of nitrogens with zero attached hydrogens (tertiary/aromatic N) is 4. The summed E-state index contributed by atoms with van der Waals surface area (Å²) in [6.07, 6.45) is -2.56. The minimum Gasteiger partial charge on any atom is -0.507 e. The van der Waals surface area contributed by atoms with E-state index >= 15 is 0 Å². The van der Waals surface area contributed by atoms with Gasteiger partial charge in [0.15, 0.2) is 11.4 Å². The van der Waals surface area contributed by atoms with Crippen molar-refractivity contribution in [1.29, 1.82) is 0 Å². The number of para-hydroxylation sites is 1. The van der Waals surface area contributed by atoms with Gasteiger partial charge < -0.3 is 21.5 Å². The summed E-state index contributed by atoms with van der Waals surface area (Å²) in [5, 5.41) is 15.3. The van der Waals surface area contributed by atoms with Gasteiger partial charge >= 0.3 is 6.18 Å².